The molecule has 4 aromatic rings. The fraction of sp³-hybridized carbons (Fsp3) is 0.276. The molecule has 0 saturated heterocycles. The van der Waals surface area contributed by atoms with E-state index in [2.05, 4.69) is 28.9 Å². The number of para-hydroxylation sites is 1. The predicted octanol–water partition coefficient (Wildman–Crippen LogP) is 6.38. The van der Waals surface area contributed by atoms with Crippen LogP contribution in [-0.2, 0) is 30.7 Å². The molecule has 4 rings (SSSR count). The van der Waals surface area contributed by atoms with E-state index < -0.39 is 0 Å². The minimum Gasteiger partial charge on any atom is -0.345 e. The highest BCUT2D eigenvalue weighted by molar-refractivity contribution is 9.10. The largest absolute Gasteiger partial charge is 0.345 e. The number of nitrogens with zero attached hydrogens (tertiary/aromatic N) is 3. The molecular formula is C29H33Br3N4O2. The summed E-state index contributed by atoms with van der Waals surface area (Å²) in [5.74, 6) is 0.0438. The topological polar surface area (TPSA) is 71.1 Å². The molecule has 1 aromatic heterocycles. The standard InChI is InChI=1S/C29H31BrN4O2.2BrH/c1-3-22-11-7-12-25-28(22)33(18-8-17-32(2)27(36)19-21-9-5-4-6-10-21)29(31)34(25)20-26(35)23-13-15-24(30)16-14-23;;/h4-7,9-16,31H,3,8,17-20H2,1-2H3;2*1H. The number of carbonyl (C=O) groups is 2. The van der Waals surface area contributed by atoms with Crippen LogP contribution in [-0.4, -0.2) is 39.3 Å². The van der Waals surface area contributed by atoms with Crippen LogP contribution < -0.4 is 5.62 Å². The van der Waals surface area contributed by atoms with Gasteiger partial charge in [-0.15, -0.1) is 34.0 Å². The molecule has 0 fully saturated rings. The Kier molecular flexibility index (Phi) is 12.2. The van der Waals surface area contributed by atoms with Gasteiger partial charge in [-0.25, -0.2) is 0 Å². The Morgan fingerprint density at radius 3 is 2.26 bits per heavy atom. The number of fused-ring (bicyclic) bond motifs is 1. The molecule has 0 unspecified atom stereocenters. The highest BCUT2D eigenvalue weighted by Crippen LogP contribution is 2.20. The van der Waals surface area contributed by atoms with Gasteiger partial charge in [0, 0.05) is 30.2 Å². The SMILES string of the molecule is Br.Br.CCc1cccc2c1n(CCCN(C)C(=O)Cc1ccccc1)c(=N)n2CC(=O)c1ccc(Br)cc1. The Labute approximate surface area is 252 Å². The lowest BCUT2D eigenvalue weighted by molar-refractivity contribution is -0.129. The van der Waals surface area contributed by atoms with Gasteiger partial charge in [0.1, 0.15) is 0 Å². The summed E-state index contributed by atoms with van der Waals surface area (Å²) in [5, 5.41) is 8.94. The van der Waals surface area contributed by atoms with E-state index in [9.17, 15) is 9.59 Å². The third kappa shape index (κ3) is 7.33. The molecule has 0 bridgehead atoms. The first kappa shape index (κ1) is 31.7. The molecule has 9 heteroatoms. The average molecular weight is 709 g/mol. The Balaban J connectivity index is 0.00000253. The van der Waals surface area contributed by atoms with Crippen LogP contribution in [0.25, 0.3) is 11.0 Å². The van der Waals surface area contributed by atoms with Crippen LogP contribution in [0.15, 0.2) is 77.3 Å². The summed E-state index contributed by atoms with van der Waals surface area (Å²) in [5.41, 5.74) is 4.95. The predicted molar refractivity (Wildman–Crippen MR) is 167 cm³/mol. The number of amides is 1. The number of Topliss-reactive ketones (excluding diaryl/α,β-unsaturated/α-hetero) is 1. The van der Waals surface area contributed by atoms with E-state index >= 15 is 0 Å². The number of nitrogens with one attached hydrogen (secondary N) is 1. The highest BCUT2D eigenvalue weighted by Gasteiger charge is 2.17. The van der Waals surface area contributed by atoms with Gasteiger partial charge < -0.3 is 14.0 Å². The van der Waals surface area contributed by atoms with Gasteiger partial charge in [0.2, 0.25) is 11.5 Å². The summed E-state index contributed by atoms with van der Waals surface area (Å²) in [6, 6.07) is 23.1. The van der Waals surface area contributed by atoms with E-state index in [1.165, 1.54) is 0 Å². The quantitative estimate of drug-likeness (QED) is 0.195. The minimum atomic E-state index is -0.0341. The van der Waals surface area contributed by atoms with Crippen LogP contribution in [0.4, 0.5) is 0 Å². The molecule has 1 heterocycles. The number of carbonyl (C=O) groups excluding carboxylic acids is 2. The van der Waals surface area contributed by atoms with Crippen molar-refractivity contribution >= 4 is 72.6 Å². The summed E-state index contributed by atoms with van der Waals surface area (Å²) < 4.78 is 4.70. The van der Waals surface area contributed by atoms with Crippen molar-refractivity contribution < 1.29 is 9.59 Å². The summed E-state index contributed by atoms with van der Waals surface area (Å²) in [4.78, 5) is 27.5. The maximum absolute atomic E-state index is 13.0. The van der Waals surface area contributed by atoms with E-state index in [1.807, 2.05) is 66.2 Å². The van der Waals surface area contributed by atoms with Gasteiger partial charge in [-0.1, -0.05) is 77.5 Å². The lowest BCUT2D eigenvalue weighted by Crippen LogP contribution is -2.31. The maximum atomic E-state index is 13.0. The fourth-order valence-electron chi connectivity index (χ4n) is 4.50. The number of aryl methyl sites for hydroxylation is 2. The van der Waals surface area contributed by atoms with Crippen molar-refractivity contribution in [1.82, 2.24) is 14.0 Å². The van der Waals surface area contributed by atoms with Crippen molar-refractivity contribution in [3.05, 3.63) is 99.6 Å². The Morgan fingerprint density at radius 1 is 0.921 bits per heavy atom. The van der Waals surface area contributed by atoms with Gasteiger partial charge >= 0.3 is 0 Å². The second kappa shape index (κ2) is 14.6. The van der Waals surface area contributed by atoms with Gasteiger partial charge in [0.25, 0.3) is 0 Å². The number of halogens is 3. The van der Waals surface area contributed by atoms with Crippen LogP contribution in [0.1, 0.15) is 34.8 Å². The van der Waals surface area contributed by atoms with E-state index in [0.717, 1.165) is 33.1 Å². The number of likely N-dealkylation sites (N-methyl/N-ethyl adjacent to an activating group) is 1. The second-order valence-corrected chi connectivity index (χ2v) is 9.88. The number of hydrogen-bond donors (Lipinski definition) is 1. The molecule has 0 spiro atoms. The maximum Gasteiger partial charge on any atom is 0.226 e. The first-order chi connectivity index (χ1) is 17.4. The van der Waals surface area contributed by atoms with Crippen LogP contribution in [0.3, 0.4) is 0 Å². The Hall–Kier alpha value is -2.49. The summed E-state index contributed by atoms with van der Waals surface area (Å²) in [6.07, 6.45) is 1.92. The molecule has 0 aliphatic carbocycles. The molecule has 38 heavy (non-hydrogen) atoms. The van der Waals surface area contributed by atoms with Gasteiger partial charge in [-0.3, -0.25) is 15.0 Å². The van der Waals surface area contributed by atoms with Crippen molar-refractivity contribution in [3.8, 4) is 0 Å². The monoisotopic (exact) mass is 706 g/mol. The Bertz CT molecular complexity index is 1430. The number of benzene rings is 3. The van der Waals surface area contributed by atoms with Crippen LogP contribution >= 0.6 is 49.9 Å². The second-order valence-electron chi connectivity index (χ2n) is 8.96. The zero-order valence-electron chi connectivity index (χ0n) is 21.5. The zero-order chi connectivity index (χ0) is 25.7. The molecule has 0 aliphatic rings. The summed E-state index contributed by atoms with van der Waals surface area (Å²) in [6.45, 7) is 3.39. The summed E-state index contributed by atoms with van der Waals surface area (Å²) in [7, 11) is 1.83. The molecular weight excluding hydrogens is 676 g/mol. The molecule has 0 atom stereocenters. The highest BCUT2D eigenvalue weighted by atomic mass is 79.9. The minimum absolute atomic E-state index is 0. The molecule has 202 valence electrons. The van der Waals surface area contributed by atoms with Crippen molar-refractivity contribution in [1.29, 1.82) is 5.41 Å². The Morgan fingerprint density at radius 2 is 1.61 bits per heavy atom. The van der Waals surface area contributed by atoms with Crippen LogP contribution in [0, 0.1) is 5.41 Å². The molecule has 3 aromatic carbocycles. The smallest absolute Gasteiger partial charge is 0.226 e. The van der Waals surface area contributed by atoms with E-state index in [-0.39, 0.29) is 52.2 Å². The number of hydrogen-bond acceptors (Lipinski definition) is 3. The van der Waals surface area contributed by atoms with Gasteiger partial charge in [-0.2, -0.15) is 0 Å². The molecule has 0 saturated carbocycles. The molecule has 1 amide bonds. The summed E-state index contributed by atoms with van der Waals surface area (Å²) >= 11 is 3.41. The van der Waals surface area contributed by atoms with E-state index in [0.29, 0.717) is 37.1 Å². The molecule has 0 radical (unpaired) electrons. The van der Waals surface area contributed by atoms with Gasteiger partial charge in [0.05, 0.1) is 24.0 Å². The molecule has 6 nitrogen and oxygen atoms in total. The lowest BCUT2D eigenvalue weighted by Gasteiger charge is -2.17. The lowest BCUT2D eigenvalue weighted by atomic mass is 10.1. The van der Waals surface area contributed by atoms with Crippen molar-refractivity contribution in [2.45, 2.75) is 39.3 Å². The first-order valence-corrected chi connectivity index (χ1v) is 13.0. The normalized spacial score (nSPS) is 10.5. The van der Waals surface area contributed by atoms with Gasteiger partial charge in [-0.05, 0) is 42.2 Å². The zero-order valence-corrected chi connectivity index (χ0v) is 26.5. The van der Waals surface area contributed by atoms with Crippen molar-refractivity contribution in [2.75, 3.05) is 13.6 Å². The number of rotatable bonds is 10. The fourth-order valence-corrected chi connectivity index (χ4v) is 4.77. The molecule has 1 N–H and O–H groups in total. The molecule has 0 aliphatic heterocycles. The third-order valence-corrected chi connectivity index (χ3v) is 7.05. The van der Waals surface area contributed by atoms with Crippen LogP contribution in [0.2, 0.25) is 0 Å². The van der Waals surface area contributed by atoms with Crippen molar-refractivity contribution in [3.63, 3.8) is 0 Å². The van der Waals surface area contributed by atoms with Gasteiger partial charge in [0.15, 0.2) is 5.78 Å². The number of ketones is 1. The number of imidazole rings is 1. The average Bonchev–Trinajstić information content (AvgIpc) is 3.15. The third-order valence-electron chi connectivity index (χ3n) is 6.52. The first-order valence-electron chi connectivity index (χ1n) is 12.2. The van der Waals surface area contributed by atoms with Crippen LogP contribution in [0.5, 0.6) is 0 Å². The number of aromatic nitrogens is 2. The van der Waals surface area contributed by atoms with E-state index in [4.69, 9.17) is 5.41 Å². The van der Waals surface area contributed by atoms with Crippen molar-refractivity contribution in [2.24, 2.45) is 0 Å². The van der Waals surface area contributed by atoms with E-state index in [1.54, 1.807) is 21.6 Å².